The van der Waals surface area contributed by atoms with Crippen LogP contribution in [-0.2, 0) is 22.6 Å². The summed E-state index contributed by atoms with van der Waals surface area (Å²) in [5.41, 5.74) is 2.57. The third-order valence-electron chi connectivity index (χ3n) is 4.06. The van der Waals surface area contributed by atoms with Crippen molar-refractivity contribution in [3.8, 4) is 0 Å². The fourth-order valence-corrected chi connectivity index (χ4v) is 3.00. The number of imide groups is 1. The van der Waals surface area contributed by atoms with Crippen LogP contribution >= 0.6 is 0 Å². The minimum Gasteiger partial charge on any atom is -0.317 e. The van der Waals surface area contributed by atoms with E-state index in [1.165, 1.54) is 24.0 Å². The van der Waals surface area contributed by atoms with E-state index in [1.54, 1.807) is 0 Å². The van der Waals surface area contributed by atoms with Gasteiger partial charge in [0, 0.05) is 6.54 Å². The fourth-order valence-electron chi connectivity index (χ4n) is 3.00. The lowest BCUT2D eigenvalue weighted by molar-refractivity contribution is -0.125. The van der Waals surface area contributed by atoms with Crippen LogP contribution in [0.1, 0.15) is 24.0 Å². The lowest BCUT2D eigenvalue weighted by Gasteiger charge is -2.23. The molecule has 2 N–H and O–H groups in total. The van der Waals surface area contributed by atoms with Gasteiger partial charge in [-0.05, 0) is 56.4 Å². The highest BCUT2D eigenvalue weighted by Gasteiger charge is 2.14. The number of hydrogen-bond acceptors (Lipinski definition) is 4. The normalized spacial score (nSPS) is 15.7. The molecule has 0 bridgehead atoms. The third-order valence-corrected chi connectivity index (χ3v) is 4.06. The van der Waals surface area contributed by atoms with Crippen LogP contribution in [0.5, 0.6) is 0 Å². The van der Waals surface area contributed by atoms with Gasteiger partial charge in [-0.25, -0.2) is 0 Å². The molecule has 0 unspecified atom stereocenters. The van der Waals surface area contributed by atoms with Gasteiger partial charge in [0.2, 0.25) is 12.3 Å². The molecule has 1 heterocycles. The number of nitrogens with zero attached hydrogens (tertiary/aromatic N) is 1. The number of hydrogen-bond donors (Lipinski definition) is 2. The van der Waals surface area contributed by atoms with Gasteiger partial charge in [-0.2, -0.15) is 0 Å². The highest BCUT2D eigenvalue weighted by atomic mass is 16.2. The number of likely N-dealkylation sites (N-methyl/N-ethyl adjacent to an activating group) is 1. The van der Waals surface area contributed by atoms with Gasteiger partial charge in [0.05, 0.1) is 6.54 Å². The summed E-state index contributed by atoms with van der Waals surface area (Å²) in [7, 11) is 1.88. The second kappa shape index (κ2) is 8.66. The van der Waals surface area contributed by atoms with E-state index in [9.17, 15) is 9.59 Å². The Kier molecular flexibility index (Phi) is 6.55. The first kappa shape index (κ1) is 16.6. The van der Waals surface area contributed by atoms with Crippen LogP contribution in [0.2, 0.25) is 0 Å². The van der Waals surface area contributed by atoms with Gasteiger partial charge in [0.25, 0.3) is 0 Å². The molecule has 1 saturated heterocycles. The average Bonchev–Trinajstić information content (AvgIpc) is 2.48. The molecule has 0 atom stereocenters. The summed E-state index contributed by atoms with van der Waals surface area (Å²) in [4.78, 5) is 23.5. The number of amides is 2. The molecule has 0 radical (unpaired) electrons. The second-order valence-electron chi connectivity index (χ2n) is 6.08. The van der Waals surface area contributed by atoms with Crippen molar-refractivity contribution < 1.29 is 9.59 Å². The van der Waals surface area contributed by atoms with Crippen LogP contribution in [0.25, 0.3) is 0 Å². The zero-order valence-electron chi connectivity index (χ0n) is 13.2. The van der Waals surface area contributed by atoms with Crippen molar-refractivity contribution in [2.24, 2.45) is 5.92 Å². The summed E-state index contributed by atoms with van der Waals surface area (Å²) in [6.07, 6.45) is 4.05. The maximum atomic E-state index is 11.4. The summed E-state index contributed by atoms with van der Waals surface area (Å²) >= 11 is 0. The van der Waals surface area contributed by atoms with Crippen molar-refractivity contribution in [2.45, 2.75) is 25.8 Å². The molecular weight excluding hydrogens is 278 g/mol. The summed E-state index contributed by atoms with van der Waals surface area (Å²) in [5.74, 6) is 0.496. The molecule has 5 heteroatoms. The smallest absolute Gasteiger partial charge is 0.240 e. The van der Waals surface area contributed by atoms with Crippen molar-refractivity contribution in [1.82, 2.24) is 15.5 Å². The van der Waals surface area contributed by atoms with Gasteiger partial charge in [-0.15, -0.1) is 0 Å². The quantitative estimate of drug-likeness (QED) is 0.736. The molecule has 22 heavy (non-hydrogen) atoms. The minimum atomic E-state index is -0.275. The highest BCUT2D eigenvalue weighted by Crippen LogP contribution is 2.19. The third kappa shape index (κ3) is 5.58. The minimum absolute atomic E-state index is 0.220. The maximum Gasteiger partial charge on any atom is 0.240 e. The average molecular weight is 303 g/mol. The molecule has 0 aliphatic carbocycles. The molecule has 0 spiro atoms. The van der Waals surface area contributed by atoms with Crippen molar-refractivity contribution >= 4 is 12.3 Å². The predicted octanol–water partition coefficient (Wildman–Crippen LogP) is 0.933. The largest absolute Gasteiger partial charge is 0.317 e. The Hall–Kier alpha value is -1.72. The van der Waals surface area contributed by atoms with Gasteiger partial charge in [0.1, 0.15) is 0 Å². The summed E-state index contributed by atoms with van der Waals surface area (Å²) in [5, 5.41) is 5.56. The number of rotatable bonds is 7. The molecular formula is C17H25N3O2. The van der Waals surface area contributed by atoms with Crippen molar-refractivity contribution in [2.75, 3.05) is 26.7 Å². The van der Waals surface area contributed by atoms with E-state index >= 15 is 0 Å². The molecule has 1 aromatic carbocycles. The highest BCUT2D eigenvalue weighted by molar-refractivity contribution is 5.87. The molecule has 2 amide bonds. The standard InChI is InChI=1S/C17H25N3O2/c1-20(12-17(22)19-13-21)11-16-4-2-3-15(10-16)9-14-5-7-18-8-6-14/h2-4,10,13-14,18H,5-9,11-12H2,1H3,(H,19,21,22). The summed E-state index contributed by atoms with van der Waals surface area (Å²) < 4.78 is 0. The molecule has 5 nitrogen and oxygen atoms in total. The molecule has 2 rings (SSSR count). The first-order valence-electron chi connectivity index (χ1n) is 7.87. The number of nitrogens with one attached hydrogen (secondary N) is 2. The SMILES string of the molecule is CN(CC(=O)NC=O)Cc1cccc(CC2CCNCC2)c1. The van der Waals surface area contributed by atoms with Gasteiger partial charge >= 0.3 is 0 Å². The number of carbonyl (C=O) groups is 2. The molecule has 1 aliphatic heterocycles. The van der Waals surface area contributed by atoms with E-state index in [0.29, 0.717) is 13.0 Å². The van der Waals surface area contributed by atoms with Crippen molar-refractivity contribution in [3.63, 3.8) is 0 Å². The predicted molar refractivity (Wildman–Crippen MR) is 86.3 cm³/mol. The first-order chi connectivity index (χ1) is 10.7. The topological polar surface area (TPSA) is 61.4 Å². The Morgan fingerprint density at radius 2 is 2.09 bits per heavy atom. The maximum absolute atomic E-state index is 11.4. The van der Waals surface area contributed by atoms with Gasteiger partial charge < -0.3 is 5.32 Å². The van der Waals surface area contributed by atoms with E-state index in [-0.39, 0.29) is 12.5 Å². The number of piperidine rings is 1. The van der Waals surface area contributed by atoms with Crippen LogP contribution < -0.4 is 10.6 Å². The fraction of sp³-hybridized carbons (Fsp3) is 0.529. The van der Waals surface area contributed by atoms with Crippen LogP contribution in [0.15, 0.2) is 24.3 Å². The lowest BCUT2D eigenvalue weighted by Crippen LogP contribution is -2.34. The number of carbonyl (C=O) groups excluding carboxylic acids is 2. The van der Waals surface area contributed by atoms with Crippen LogP contribution in [0, 0.1) is 5.92 Å². The number of benzene rings is 1. The lowest BCUT2D eigenvalue weighted by atomic mass is 9.90. The molecule has 0 saturated carbocycles. The van der Waals surface area contributed by atoms with E-state index in [0.717, 1.165) is 25.4 Å². The van der Waals surface area contributed by atoms with E-state index in [4.69, 9.17) is 0 Å². The van der Waals surface area contributed by atoms with Gasteiger partial charge in [-0.3, -0.25) is 19.8 Å². The zero-order valence-corrected chi connectivity index (χ0v) is 13.2. The van der Waals surface area contributed by atoms with Gasteiger partial charge in [0.15, 0.2) is 0 Å². The van der Waals surface area contributed by atoms with Crippen LogP contribution in [0.3, 0.4) is 0 Å². The van der Waals surface area contributed by atoms with E-state index in [2.05, 4.69) is 34.9 Å². The summed E-state index contributed by atoms with van der Waals surface area (Å²) in [6.45, 7) is 3.17. The molecule has 1 fully saturated rings. The Bertz CT molecular complexity index is 498. The second-order valence-corrected chi connectivity index (χ2v) is 6.08. The molecule has 1 aliphatic rings. The van der Waals surface area contributed by atoms with Crippen molar-refractivity contribution in [3.05, 3.63) is 35.4 Å². The summed E-state index contributed by atoms with van der Waals surface area (Å²) in [6, 6.07) is 8.59. The first-order valence-corrected chi connectivity index (χ1v) is 7.87. The van der Waals surface area contributed by atoms with Crippen molar-refractivity contribution in [1.29, 1.82) is 0 Å². The Morgan fingerprint density at radius 3 is 2.82 bits per heavy atom. The molecule has 1 aromatic rings. The van der Waals surface area contributed by atoms with Gasteiger partial charge in [-0.1, -0.05) is 24.3 Å². The Labute approximate surface area is 132 Å². The van der Waals surface area contributed by atoms with Crippen LogP contribution in [-0.4, -0.2) is 43.9 Å². The van der Waals surface area contributed by atoms with Crippen LogP contribution in [0.4, 0.5) is 0 Å². The molecule has 120 valence electrons. The van der Waals surface area contributed by atoms with E-state index in [1.807, 2.05) is 11.9 Å². The monoisotopic (exact) mass is 303 g/mol. The Balaban J connectivity index is 1.87. The zero-order chi connectivity index (χ0) is 15.8. The Morgan fingerprint density at radius 1 is 1.36 bits per heavy atom. The molecule has 0 aromatic heterocycles. The van der Waals surface area contributed by atoms with E-state index < -0.39 is 0 Å².